The third-order valence-corrected chi connectivity index (χ3v) is 27.4. The molecule has 0 saturated heterocycles. The molecule has 630 valence electrons. The van der Waals surface area contributed by atoms with Gasteiger partial charge in [0.15, 0.2) is 5.69 Å². The lowest BCUT2D eigenvalue weighted by Gasteiger charge is -2.46. The largest absolute Gasteiger partial charge is 0.310 e. The molecule has 2 aromatic heterocycles. The molecule has 4 heterocycles. The second-order valence-electron chi connectivity index (χ2n) is 40.0. The molecule has 0 amide bonds. The number of benzene rings is 18. The molecular formula is C125H102BN5. The van der Waals surface area contributed by atoms with Crippen LogP contribution < -0.4 is 26.2 Å². The number of rotatable bonds is 13. The van der Waals surface area contributed by atoms with Gasteiger partial charge in [0.2, 0.25) is 0 Å². The van der Waals surface area contributed by atoms with Crippen molar-refractivity contribution in [2.24, 2.45) is 0 Å². The normalized spacial score (nSPS) is 12.7. The van der Waals surface area contributed by atoms with Gasteiger partial charge in [0, 0.05) is 77.9 Å². The second-order valence-corrected chi connectivity index (χ2v) is 40.0. The van der Waals surface area contributed by atoms with Crippen molar-refractivity contribution >= 4 is 107 Å². The molecule has 18 aromatic carbocycles. The van der Waals surface area contributed by atoms with Gasteiger partial charge in [-0.05, 0) is 235 Å². The molecule has 22 rings (SSSR count). The Kier molecular flexibility index (Phi) is 19.6. The summed E-state index contributed by atoms with van der Waals surface area (Å²) in [4.78, 5) is 9.50. The lowest BCUT2D eigenvalue weighted by molar-refractivity contribution is 0.568. The number of para-hydroxylation sites is 4. The van der Waals surface area contributed by atoms with Gasteiger partial charge in [0.1, 0.15) is 0 Å². The van der Waals surface area contributed by atoms with Crippen LogP contribution in [-0.2, 0) is 21.7 Å². The van der Waals surface area contributed by atoms with Crippen LogP contribution in [0.15, 0.2) is 400 Å². The quantitative estimate of drug-likeness (QED) is 0.0847. The Bertz CT molecular complexity index is 7650. The van der Waals surface area contributed by atoms with Crippen molar-refractivity contribution in [1.82, 2.24) is 9.13 Å². The van der Waals surface area contributed by atoms with E-state index >= 15 is 0 Å². The highest BCUT2D eigenvalue weighted by Gasteiger charge is 2.47. The van der Waals surface area contributed by atoms with Crippen LogP contribution in [0.25, 0.3) is 160 Å². The van der Waals surface area contributed by atoms with Crippen LogP contribution in [0.2, 0.25) is 0 Å². The summed E-state index contributed by atoms with van der Waals surface area (Å²) in [6.45, 7) is 36.3. The highest BCUT2D eigenvalue weighted by Crippen LogP contribution is 2.58. The molecule has 20 aromatic rings. The average Bonchev–Trinajstić information content (AvgIpc) is 0.730. The highest BCUT2D eigenvalue weighted by molar-refractivity contribution is 7.00. The van der Waals surface area contributed by atoms with Crippen LogP contribution in [0.5, 0.6) is 0 Å². The molecule has 131 heavy (non-hydrogen) atoms. The Morgan fingerprint density at radius 1 is 0.221 bits per heavy atom. The van der Waals surface area contributed by atoms with E-state index < -0.39 is 0 Å². The second kappa shape index (κ2) is 31.6. The van der Waals surface area contributed by atoms with Gasteiger partial charge in [-0.15, -0.1) is 0 Å². The van der Waals surface area contributed by atoms with Crippen molar-refractivity contribution in [3.05, 3.63) is 434 Å². The van der Waals surface area contributed by atoms with E-state index in [4.69, 9.17) is 6.57 Å². The molecule has 5 nitrogen and oxygen atoms in total. The highest BCUT2D eigenvalue weighted by atomic mass is 15.2. The zero-order chi connectivity index (χ0) is 89.5. The number of aromatic nitrogens is 2. The Morgan fingerprint density at radius 3 is 0.832 bits per heavy atom. The first kappa shape index (κ1) is 81.5. The summed E-state index contributed by atoms with van der Waals surface area (Å²) < 4.78 is 5.03. The van der Waals surface area contributed by atoms with Crippen molar-refractivity contribution in [3.63, 3.8) is 0 Å². The predicted octanol–water partition coefficient (Wildman–Crippen LogP) is 32.7. The summed E-state index contributed by atoms with van der Waals surface area (Å²) in [5.74, 6) is 0. The first-order valence-corrected chi connectivity index (χ1v) is 46.1. The molecule has 0 radical (unpaired) electrons. The van der Waals surface area contributed by atoms with Crippen molar-refractivity contribution < 1.29 is 0 Å². The van der Waals surface area contributed by atoms with Crippen molar-refractivity contribution in [3.8, 4) is 112 Å². The monoisotopic (exact) mass is 1680 g/mol. The zero-order valence-corrected chi connectivity index (χ0v) is 76.4. The Balaban J connectivity index is 0.962. The van der Waals surface area contributed by atoms with Crippen LogP contribution >= 0.6 is 0 Å². The fourth-order valence-corrected chi connectivity index (χ4v) is 20.5. The van der Waals surface area contributed by atoms with E-state index in [9.17, 15) is 0 Å². The fraction of sp³-hybridized carbons (Fsp3) is 0.128. The molecule has 0 saturated carbocycles. The average molecular weight is 1690 g/mol. The van der Waals surface area contributed by atoms with Crippen LogP contribution in [-0.4, -0.2) is 15.8 Å². The number of hydrogen-bond donors (Lipinski definition) is 0. The summed E-state index contributed by atoms with van der Waals surface area (Å²) in [5, 5.41) is 4.78. The minimum Gasteiger partial charge on any atom is -0.310 e. The van der Waals surface area contributed by atoms with E-state index in [1.807, 2.05) is 12.1 Å². The van der Waals surface area contributed by atoms with Crippen molar-refractivity contribution in [2.75, 3.05) is 9.80 Å². The lowest BCUT2D eigenvalue weighted by Crippen LogP contribution is -2.61. The number of fused-ring (bicyclic) bond motifs is 10. The van der Waals surface area contributed by atoms with E-state index in [0.717, 1.165) is 173 Å². The van der Waals surface area contributed by atoms with E-state index in [2.05, 4.69) is 495 Å². The molecule has 2 aliphatic heterocycles. The molecule has 2 aliphatic rings. The predicted molar refractivity (Wildman–Crippen MR) is 559 cm³/mol. The third kappa shape index (κ3) is 14.3. The summed E-state index contributed by atoms with van der Waals surface area (Å²) in [5.41, 5.74) is 40.7. The van der Waals surface area contributed by atoms with Gasteiger partial charge in [0.05, 0.1) is 40.0 Å². The lowest BCUT2D eigenvalue weighted by atomic mass is 9.33. The van der Waals surface area contributed by atoms with Crippen LogP contribution in [0, 0.1) is 6.57 Å². The molecule has 0 atom stereocenters. The third-order valence-electron chi connectivity index (χ3n) is 27.4. The van der Waals surface area contributed by atoms with Crippen molar-refractivity contribution in [1.29, 1.82) is 0 Å². The molecule has 0 unspecified atom stereocenters. The number of anilines is 6. The smallest absolute Gasteiger partial charge is 0.252 e. The van der Waals surface area contributed by atoms with E-state index in [0.29, 0.717) is 5.69 Å². The van der Waals surface area contributed by atoms with Gasteiger partial charge in [0.25, 0.3) is 6.71 Å². The number of nitrogens with zero attached hydrogens (tertiary/aromatic N) is 5. The standard InChI is InChI=1S/C125H102BN5/c1-122(2,3)94-66-92(67-95(76-94)123(4,5)6)107-72-89(82-40-22-16-23-41-82)70-105(87-46-34-44-85(64-87)80-36-18-14-19-37-80)120(107)130-115-78-99(128-111-52-30-26-48-101(111)102-49-27-31-53-112(102)128)60-62-109(115)126-110-63-61-100(129-113-54-32-28-50-103(113)104-51-29-33-55-114(104)129)79-116(110)131(118-75-91(74-117(130)119(118)126)83-42-24-17-25-43-83)121-106(88-47-35-45-86(65-88)81-38-20-15-21-39-81)71-90(84-56-58-98(127-13)59-57-84)73-108(121)93-68-96(124(7,8)9)77-97(69-93)125(10,11)12/h14-79H,1-12H3. The van der Waals surface area contributed by atoms with Gasteiger partial charge < -0.3 is 18.9 Å². The summed E-state index contributed by atoms with van der Waals surface area (Å²) in [6.07, 6.45) is 0. The van der Waals surface area contributed by atoms with Crippen LogP contribution in [0.3, 0.4) is 0 Å². The first-order valence-electron chi connectivity index (χ1n) is 46.1. The molecule has 0 aliphatic carbocycles. The summed E-state index contributed by atoms with van der Waals surface area (Å²) in [6, 6.07) is 152. The molecule has 0 bridgehead atoms. The van der Waals surface area contributed by atoms with Crippen LogP contribution in [0.1, 0.15) is 105 Å². The maximum atomic E-state index is 8.30. The molecule has 6 heteroatoms. The molecule has 0 N–H and O–H groups in total. The van der Waals surface area contributed by atoms with Crippen molar-refractivity contribution in [2.45, 2.75) is 105 Å². The van der Waals surface area contributed by atoms with E-state index in [1.165, 1.54) is 54.7 Å². The zero-order valence-electron chi connectivity index (χ0n) is 76.4. The molecule has 0 fully saturated rings. The van der Waals surface area contributed by atoms with Gasteiger partial charge in [-0.3, -0.25) is 0 Å². The fourth-order valence-electron chi connectivity index (χ4n) is 20.5. The minimum absolute atomic E-state index is 0.242. The SMILES string of the molecule is [C-]#[N+]c1ccc(-c2cc(-c3cccc(-c4ccccc4)c3)c(N3c4cc(-n5c6ccccc6c6ccccc65)ccc4B4c5ccc(-n6c7ccccc7c7ccccc76)cc5N(c5c(-c6cccc(-c7ccccc7)c6)cc(-c6ccccc6)cc5-c5cc(C(C)(C)C)cc(C(C)(C)C)c5)c5cc(-c6ccccc6)cc3c54)c(-c3cc(C(C)(C)C)cc(C(C)(C)C)c3)c2)cc1. The van der Waals surface area contributed by atoms with Gasteiger partial charge in [-0.2, -0.15) is 0 Å². The Hall–Kier alpha value is -15.3. The molecule has 0 spiro atoms. The summed E-state index contributed by atoms with van der Waals surface area (Å²) >= 11 is 0. The Morgan fingerprint density at radius 2 is 0.504 bits per heavy atom. The number of hydrogen-bond acceptors (Lipinski definition) is 2. The maximum absolute atomic E-state index is 8.30. The maximum Gasteiger partial charge on any atom is 0.252 e. The first-order chi connectivity index (χ1) is 63.4. The van der Waals surface area contributed by atoms with Crippen LogP contribution in [0.4, 0.5) is 39.8 Å². The van der Waals surface area contributed by atoms with Gasteiger partial charge >= 0.3 is 0 Å². The topological polar surface area (TPSA) is 20.7 Å². The van der Waals surface area contributed by atoms with Gasteiger partial charge in [-0.25, -0.2) is 4.85 Å². The van der Waals surface area contributed by atoms with Gasteiger partial charge in [-0.1, -0.05) is 386 Å². The summed E-state index contributed by atoms with van der Waals surface area (Å²) in [7, 11) is 0. The Labute approximate surface area is 770 Å². The minimum atomic E-state index is -0.388. The van der Waals surface area contributed by atoms with E-state index in [-0.39, 0.29) is 28.4 Å². The molecular weight excluding hydrogens is 1580 g/mol. The van der Waals surface area contributed by atoms with E-state index in [1.54, 1.807) is 0 Å².